The molecule has 0 bridgehead atoms. The Bertz CT molecular complexity index is 841. The zero-order valence-electron chi connectivity index (χ0n) is 14.1. The van der Waals surface area contributed by atoms with Gasteiger partial charge in [-0.15, -0.1) is 0 Å². The molecule has 1 aromatic carbocycles. The van der Waals surface area contributed by atoms with Crippen LogP contribution in [0, 0.1) is 0 Å². The van der Waals surface area contributed by atoms with Crippen LogP contribution in [0.3, 0.4) is 0 Å². The number of hydrogen-bond donors (Lipinski definition) is 1. The number of alkyl halides is 3. The molecule has 5 nitrogen and oxygen atoms in total. The summed E-state index contributed by atoms with van der Waals surface area (Å²) < 4.78 is 46.1. The maximum absolute atomic E-state index is 13.2. The number of fused-ring (bicyclic) bond motifs is 1. The Balaban J connectivity index is 2.44. The predicted molar refractivity (Wildman–Crippen MR) is 87.7 cm³/mol. The number of aryl methyl sites for hydroxylation is 1. The molecule has 2 rings (SSSR count). The minimum atomic E-state index is -4.64. The summed E-state index contributed by atoms with van der Waals surface area (Å²) in [5, 5.41) is 2.55. The fourth-order valence-electron chi connectivity index (χ4n) is 2.52. The van der Waals surface area contributed by atoms with E-state index in [4.69, 9.17) is 4.74 Å². The molecule has 1 N–H and O–H groups in total. The Labute approximate surface area is 142 Å². The van der Waals surface area contributed by atoms with Crippen LogP contribution in [0.2, 0.25) is 0 Å². The number of ether oxygens (including phenoxy) is 1. The Hall–Kier alpha value is -2.51. The molecule has 0 saturated heterocycles. The number of nitrogens with zero attached hydrogens (tertiary/aromatic N) is 1. The van der Waals surface area contributed by atoms with Gasteiger partial charge in [-0.1, -0.05) is 0 Å². The first-order valence-corrected chi connectivity index (χ1v) is 7.80. The van der Waals surface area contributed by atoms with Crippen molar-refractivity contribution in [2.24, 2.45) is 0 Å². The topological polar surface area (TPSA) is 60.3 Å². The van der Waals surface area contributed by atoms with Crippen LogP contribution in [0.15, 0.2) is 29.1 Å². The van der Waals surface area contributed by atoms with Crippen molar-refractivity contribution >= 4 is 16.8 Å². The van der Waals surface area contributed by atoms with E-state index in [9.17, 15) is 22.8 Å². The molecule has 0 fully saturated rings. The molecule has 0 radical (unpaired) electrons. The van der Waals surface area contributed by atoms with Gasteiger partial charge in [0.05, 0.1) is 11.1 Å². The molecule has 0 aliphatic heterocycles. The van der Waals surface area contributed by atoms with E-state index < -0.39 is 17.3 Å². The van der Waals surface area contributed by atoms with Gasteiger partial charge in [-0.05, 0) is 32.9 Å². The third kappa shape index (κ3) is 4.32. The second-order valence-corrected chi connectivity index (χ2v) is 5.83. The number of rotatable bonds is 5. The van der Waals surface area contributed by atoms with Crippen LogP contribution in [0.5, 0.6) is 5.75 Å². The Kier molecular flexibility index (Phi) is 5.39. The molecule has 0 unspecified atom stereocenters. The van der Waals surface area contributed by atoms with E-state index in [2.05, 4.69) is 5.32 Å². The highest BCUT2D eigenvalue weighted by Crippen LogP contribution is 2.34. The van der Waals surface area contributed by atoms with E-state index >= 15 is 0 Å². The molecule has 0 spiro atoms. The number of nitrogens with one attached hydrogen (secondary N) is 1. The second-order valence-electron chi connectivity index (χ2n) is 5.83. The number of aromatic nitrogens is 1. The highest BCUT2D eigenvalue weighted by molar-refractivity contribution is 5.84. The number of carbonyl (C=O) groups is 1. The maximum atomic E-state index is 13.2. The highest BCUT2D eigenvalue weighted by Gasteiger charge is 2.33. The Morgan fingerprint density at radius 3 is 2.52 bits per heavy atom. The van der Waals surface area contributed by atoms with Crippen molar-refractivity contribution in [1.82, 2.24) is 9.88 Å². The fraction of sp³-hybridized carbons (Fsp3) is 0.412. The van der Waals surface area contributed by atoms with Gasteiger partial charge in [0.1, 0.15) is 5.75 Å². The number of benzene rings is 1. The summed E-state index contributed by atoms with van der Waals surface area (Å²) in [5.41, 5.74) is -1.61. The zero-order valence-corrected chi connectivity index (χ0v) is 14.1. The minimum Gasteiger partial charge on any atom is -0.484 e. The summed E-state index contributed by atoms with van der Waals surface area (Å²) in [6.07, 6.45) is -4.64. The van der Waals surface area contributed by atoms with Crippen LogP contribution in [0.4, 0.5) is 13.2 Å². The van der Waals surface area contributed by atoms with Gasteiger partial charge >= 0.3 is 6.18 Å². The van der Waals surface area contributed by atoms with Gasteiger partial charge in [0, 0.05) is 30.1 Å². The van der Waals surface area contributed by atoms with Crippen LogP contribution < -0.4 is 15.6 Å². The predicted octanol–water partition coefficient (Wildman–Crippen LogP) is 2.94. The molecular weight excluding hydrogens is 337 g/mol. The number of carbonyl (C=O) groups excluding carboxylic acids is 1. The van der Waals surface area contributed by atoms with Gasteiger partial charge in [0.15, 0.2) is 6.61 Å². The number of halogens is 3. The largest absolute Gasteiger partial charge is 0.484 e. The normalized spacial score (nSPS) is 11.8. The quantitative estimate of drug-likeness (QED) is 0.896. The SMILES string of the molecule is CCn1c(=O)cc(C(F)(F)F)c2ccc(OCC(=O)NC(C)C)cc21. The van der Waals surface area contributed by atoms with E-state index in [1.807, 2.05) is 0 Å². The molecule has 1 aromatic heterocycles. The number of amides is 1. The van der Waals surface area contributed by atoms with Crippen molar-refractivity contribution in [2.45, 2.75) is 39.5 Å². The van der Waals surface area contributed by atoms with Crippen LogP contribution in [-0.2, 0) is 17.5 Å². The van der Waals surface area contributed by atoms with E-state index in [-0.39, 0.29) is 41.8 Å². The maximum Gasteiger partial charge on any atom is 0.417 e. The third-order valence-corrected chi connectivity index (χ3v) is 3.53. The molecule has 8 heteroatoms. The van der Waals surface area contributed by atoms with Crippen LogP contribution in [0.1, 0.15) is 26.3 Å². The molecule has 1 heterocycles. The minimum absolute atomic E-state index is 0.0488. The van der Waals surface area contributed by atoms with Crippen molar-refractivity contribution < 1.29 is 22.7 Å². The molecular formula is C17H19F3N2O3. The molecule has 0 saturated carbocycles. The van der Waals surface area contributed by atoms with Gasteiger partial charge in [0.2, 0.25) is 0 Å². The van der Waals surface area contributed by atoms with Crippen LogP contribution in [-0.4, -0.2) is 23.1 Å². The first kappa shape index (κ1) is 18.8. The lowest BCUT2D eigenvalue weighted by molar-refractivity contribution is -0.136. The Morgan fingerprint density at radius 2 is 1.96 bits per heavy atom. The van der Waals surface area contributed by atoms with Gasteiger partial charge in [-0.3, -0.25) is 9.59 Å². The number of hydrogen-bond acceptors (Lipinski definition) is 3. The smallest absolute Gasteiger partial charge is 0.417 e. The molecule has 136 valence electrons. The summed E-state index contributed by atoms with van der Waals surface area (Å²) in [4.78, 5) is 23.6. The molecule has 0 aliphatic carbocycles. The summed E-state index contributed by atoms with van der Waals surface area (Å²) in [6, 6.07) is 4.50. The molecule has 25 heavy (non-hydrogen) atoms. The van der Waals surface area contributed by atoms with Crippen molar-refractivity contribution in [3.63, 3.8) is 0 Å². The summed E-state index contributed by atoms with van der Waals surface area (Å²) >= 11 is 0. The van der Waals surface area contributed by atoms with E-state index in [1.165, 1.54) is 22.8 Å². The summed E-state index contributed by atoms with van der Waals surface area (Å²) in [6.45, 7) is 5.21. The third-order valence-electron chi connectivity index (χ3n) is 3.53. The van der Waals surface area contributed by atoms with Crippen LogP contribution >= 0.6 is 0 Å². The molecule has 2 aromatic rings. The van der Waals surface area contributed by atoms with Crippen molar-refractivity contribution in [2.75, 3.05) is 6.61 Å². The first-order chi connectivity index (χ1) is 11.6. The monoisotopic (exact) mass is 356 g/mol. The van der Waals surface area contributed by atoms with Gasteiger partial charge in [-0.2, -0.15) is 13.2 Å². The van der Waals surface area contributed by atoms with E-state index in [0.717, 1.165) is 0 Å². The molecule has 1 amide bonds. The van der Waals surface area contributed by atoms with Crippen LogP contribution in [0.25, 0.3) is 10.9 Å². The Morgan fingerprint density at radius 1 is 1.28 bits per heavy atom. The lowest BCUT2D eigenvalue weighted by Gasteiger charge is -2.15. The second kappa shape index (κ2) is 7.16. The number of pyridine rings is 1. The first-order valence-electron chi connectivity index (χ1n) is 7.80. The summed E-state index contributed by atoms with van der Waals surface area (Å²) in [7, 11) is 0. The standard InChI is InChI=1S/C17H19F3N2O3/c1-4-22-14-7-11(25-9-15(23)21-10(2)3)5-6-12(14)13(8-16(22)24)17(18,19)20/h5-8,10H,4,9H2,1-3H3,(H,21,23). The van der Waals surface area contributed by atoms with Gasteiger partial charge in [0.25, 0.3) is 11.5 Å². The average molecular weight is 356 g/mol. The van der Waals surface area contributed by atoms with Crippen molar-refractivity contribution in [3.05, 3.63) is 40.2 Å². The van der Waals surface area contributed by atoms with Crippen molar-refractivity contribution in [3.8, 4) is 5.75 Å². The lowest BCUT2D eigenvalue weighted by Crippen LogP contribution is -2.34. The fourth-order valence-corrected chi connectivity index (χ4v) is 2.52. The summed E-state index contributed by atoms with van der Waals surface area (Å²) in [5.74, 6) is -0.126. The molecule has 0 atom stereocenters. The lowest BCUT2D eigenvalue weighted by atomic mass is 10.1. The van der Waals surface area contributed by atoms with Crippen molar-refractivity contribution in [1.29, 1.82) is 0 Å². The zero-order chi connectivity index (χ0) is 18.8. The highest BCUT2D eigenvalue weighted by atomic mass is 19.4. The van der Waals surface area contributed by atoms with Gasteiger partial charge in [-0.25, -0.2) is 0 Å². The average Bonchev–Trinajstić information content (AvgIpc) is 2.50. The van der Waals surface area contributed by atoms with E-state index in [0.29, 0.717) is 6.07 Å². The van der Waals surface area contributed by atoms with Gasteiger partial charge < -0.3 is 14.6 Å². The molecule has 0 aliphatic rings. The van der Waals surface area contributed by atoms with E-state index in [1.54, 1.807) is 20.8 Å².